The number of allylic oxidation sites excluding steroid dienone is 4. The first-order valence-corrected chi connectivity index (χ1v) is 27.5. The molecule has 0 aromatic carbocycles. The lowest BCUT2D eigenvalue weighted by Crippen LogP contribution is -2.60. The Morgan fingerprint density at radius 1 is 0.531 bits per heavy atom. The first-order valence-electron chi connectivity index (χ1n) is 27.5. The summed E-state index contributed by atoms with van der Waals surface area (Å²) < 4.78 is 11.3. The Kier molecular flexibility index (Phi) is 43.1. The molecule has 7 atom stereocenters. The maximum atomic E-state index is 13.0. The first-order chi connectivity index (χ1) is 31.3. The third-order valence-electron chi connectivity index (χ3n) is 13.3. The molecule has 0 bridgehead atoms. The average molecular weight is 908 g/mol. The van der Waals surface area contributed by atoms with E-state index in [-0.39, 0.29) is 12.5 Å². The van der Waals surface area contributed by atoms with Crippen LogP contribution in [0.4, 0.5) is 0 Å². The second-order valence-corrected chi connectivity index (χ2v) is 19.4. The molecule has 7 unspecified atom stereocenters. The summed E-state index contributed by atoms with van der Waals surface area (Å²) in [6.07, 6.45) is 49.4. The summed E-state index contributed by atoms with van der Waals surface area (Å²) in [4.78, 5) is 13.0. The molecule has 64 heavy (non-hydrogen) atoms. The molecule has 0 aromatic rings. The molecule has 1 aliphatic heterocycles. The number of unbranched alkanes of at least 4 members (excludes halogenated alkanes) is 33. The van der Waals surface area contributed by atoms with Gasteiger partial charge in [0.05, 0.1) is 25.4 Å². The highest BCUT2D eigenvalue weighted by atomic mass is 16.7. The van der Waals surface area contributed by atoms with Crippen LogP contribution in [-0.2, 0) is 14.3 Å². The molecule has 0 aliphatic carbocycles. The zero-order valence-corrected chi connectivity index (χ0v) is 41.8. The number of hydrogen-bond donors (Lipinski definition) is 6. The van der Waals surface area contributed by atoms with Crippen molar-refractivity contribution in [2.75, 3.05) is 13.2 Å². The molecular weight excluding hydrogens is 803 g/mol. The van der Waals surface area contributed by atoms with E-state index in [1.54, 1.807) is 0 Å². The summed E-state index contributed by atoms with van der Waals surface area (Å²) in [5.74, 6) is -0.144. The van der Waals surface area contributed by atoms with Crippen LogP contribution in [-0.4, -0.2) is 87.5 Å². The van der Waals surface area contributed by atoms with Crippen molar-refractivity contribution in [2.24, 2.45) is 0 Å². The van der Waals surface area contributed by atoms with Gasteiger partial charge >= 0.3 is 0 Å². The number of ether oxygens (including phenoxy) is 2. The van der Waals surface area contributed by atoms with Crippen molar-refractivity contribution < 1.29 is 39.8 Å². The van der Waals surface area contributed by atoms with Gasteiger partial charge in [-0.1, -0.05) is 237 Å². The quantitative estimate of drug-likeness (QED) is 0.0261. The van der Waals surface area contributed by atoms with Crippen molar-refractivity contribution in [3.05, 3.63) is 24.3 Å². The van der Waals surface area contributed by atoms with E-state index < -0.39 is 49.5 Å². The molecule has 1 heterocycles. The van der Waals surface area contributed by atoms with Gasteiger partial charge in [0, 0.05) is 6.42 Å². The lowest BCUT2D eigenvalue weighted by molar-refractivity contribution is -0.302. The maximum Gasteiger partial charge on any atom is 0.220 e. The molecule has 9 nitrogen and oxygen atoms in total. The number of carbonyl (C=O) groups excluding carboxylic acids is 1. The van der Waals surface area contributed by atoms with Crippen LogP contribution >= 0.6 is 0 Å². The summed E-state index contributed by atoms with van der Waals surface area (Å²) >= 11 is 0. The van der Waals surface area contributed by atoms with E-state index >= 15 is 0 Å². The van der Waals surface area contributed by atoms with E-state index in [9.17, 15) is 30.3 Å². The summed E-state index contributed by atoms with van der Waals surface area (Å²) in [5.41, 5.74) is 0. The van der Waals surface area contributed by atoms with Gasteiger partial charge in [-0.15, -0.1) is 0 Å². The fraction of sp³-hybridized carbons (Fsp3) is 0.909. The second-order valence-electron chi connectivity index (χ2n) is 19.4. The average Bonchev–Trinajstić information content (AvgIpc) is 3.29. The SMILES string of the molecule is CCCCCCCCCCC/C=C\C/C=C\CCCCCCCCCCCCCCCCCC(=O)NC(COC1OC(CO)C(O)C(O)C1O)C(O)CCCCCCCCCCCC. The lowest BCUT2D eigenvalue weighted by atomic mass is 9.99. The number of aliphatic hydroxyl groups excluding tert-OH is 5. The molecule has 0 spiro atoms. The Labute approximate surface area is 394 Å². The van der Waals surface area contributed by atoms with Crippen molar-refractivity contribution >= 4 is 5.91 Å². The number of aliphatic hydroxyl groups is 5. The van der Waals surface area contributed by atoms with Crippen molar-refractivity contribution in [3.63, 3.8) is 0 Å². The largest absolute Gasteiger partial charge is 0.394 e. The second kappa shape index (κ2) is 45.5. The Balaban J connectivity index is 2.10. The third-order valence-corrected chi connectivity index (χ3v) is 13.3. The molecule has 1 fully saturated rings. The molecular formula is C55H105NO8. The van der Waals surface area contributed by atoms with Gasteiger partial charge < -0.3 is 40.3 Å². The third kappa shape index (κ3) is 34.9. The molecule has 1 amide bonds. The van der Waals surface area contributed by atoms with E-state index in [2.05, 4.69) is 43.5 Å². The molecule has 9 heteroatoms. The zero-order valence-electron chi connectivity index (χ0n) is 41.8. The van der Waals surface area contributed by atoms with Crippen LogP contribution in [0.5, 0.6) is 0 Å². The Bertz CT molecular complexity index is 1060. The van der Waals surface area contributed by atoms with E-state index in [1.807, 2.05) is 0 Å². The van der Waals surface area contributed by atoms with Crippen LogP contribution in [0.15, 0.2) is 24.3 Å². The minimum atomic E-state index is -1.55. The summed E-state index contributed by atoms with van der Waals surface area (Å²) in [5, 5.41) is 54.4. The minimum absolute atomic E-state index is 0.135. The zero-order chi connectivity index (χ0) is 46.6. The van der Waals surface area contributed by atoms with Gasteiger partial charge in [0.25, 0.3) is 0 Å². The highest BCUT2D eigenvalue weighted by Gasteiger charge is 2.44. The van der Waals surface area contributed by atoms with Gasteiger partial charge in [-0.3, -0.25) is 4.79 Å². The number of rotatable bonds is 47. The first kappa shape index (κ1) is 60.7. The van der Waals surface area contributed by atoms with Gasteiger partial charge in [0.15, 0.2) is 6.29 Å². The molecule has 1 aliphatic rings. The molecule has 378 valence electrons. The number of nitrogens with one attached hydrogen (secondary N) is 1. The Morgan fingerprint density at radius 2 is 0.922 bits per heavy atom. The van der Waals surface area contributed by atoms with Crippen molar-refractivity contribution in [3.8, 4) is 0 Å². The van der Waals surface area contributed by atoms with Gasteiger partial charge in [-0.2, -0.15) is 0 Å². The maximum absolute atomic E-state index is 13.0. The summed E-state index contributed by atoms with van der Waals surface area (Å²) in [7, 11) is 0. The molecule has 0 aromatic heterocycles. The van der Waals surface area contributed by atoms with Crippen LogP contribution in [0.2, 0.25) is 0 Å². The van der Waals surface area contributed by atoms with Crippen LogP contribution in [0.3, 0.4) is 0 Å². The highest BCUT2D eigenvalue weighted by Crippen LogP contribution is 2.23. The van der Waals surface area contributed by atoms with Crippen LogP contribution < -0.4 is 5.32 Å². The smallest absolute Gasteiger partial charge is 0.220 e. The number of amides is 1. The Hall–Kier alpha value is -1.33. The van der Waals surface area contributed by atoms with Gasteiger partial charge in [0.1, 0.15) is 24.4 Å². The molecule has 6 N–H and O–H groups in total. The fourth-order valence-corrected chi connectivity index (χ4v) is 8.90. The number of hydrogen-bond acceptors (Lipinski definition) is 8. The molecule has 0 radical (unpaired) electrons. The predicted octanol–water partition coefficient (Wildman–Crippen LogP) is 13.0. The normalized spacial score (nSPS) is 20.1. The summed E-state index contributed by atoms with van der Waals surface area (Å²) in [6.45, 7) is 3.83. The van der Waals surface area contributed by atoms with Gasteiger partial charge in [0.2, 0.25) is 5.91 Å². The lowest BCUT2D eigenvalue weighted by Gasteiger charge is -2.40. The predicted molar refractivity (Wildman–Crippen MR) is 267 cm³/mol. The van der Waals surface area contributed by atoms with E-state index in [0.29, 0.717) is 12.8 Å². The van der Waals surface area contributed by atoms with Crippen molar-refractivity contribution in [1.29, 1.82) is 0 Å². The molecule has 1 saturated heterocycles. The molecule has 0 saturated carbocycles. The summed E-state index contributed by atoms with van der Waals surface area (Å²) in [6, 6.07) is -0.715. The van der Waals surface area contributed by atoms with Crippen molar-refractivity contribution in [1.82, 2.24) is 5.32 Å². The van der Waals surface area contributed by atoms with Crippen LogP contribution in [0.1, 0.15) is 264 Å². The highest BCUT2D eigenvalue weighted by molar-refractivity contribution is 5.76. The van der Waals surface area contributed by atoms with Gasteiger partial charge in [-0.05, 0) is 44.9 Å². The molecule has 1 rings (SSSR count). The van der Waals surface area contributed by atoms with E-state index in [0.717, 1.165) is 44.9 Å². The minimum Gasteiger partial charge on any atom is -0.394 e. The standard InChI is InChI=1S/C55H105NO8/c1-3-5-7-9-11-13-15-16-17-18-19-20-21-22-23-24-25-26-27-28-29-30-31-32-33-34-35-37-39-41-43-45-51(59)56-48(47-63-55-54(62)53(61)52(60)50(46-57)64-55)49(58)44-42-40-38-36-14-12-10-8-6-4-2/h19-20,22-23,48-50,52-55,57-58,60-62H,3-18,21,24-47H2,1-2H3,(H,56,59)/b20-19-,23-22-. The fourth-order valence-electron chi connectivity index (χ4n) is 8.90. The van der Waals surface area contributed by atoms with E-state index in [1.165, 1.54) is 193 Å². The number of carbonyl (C=O) groups is 1. The van der Waals surface area contributed by atoms with E-state index in [4.69, 9.17) is 9.47 Å². The monoisotopic (exact) mass is 908 g/mol. The topological polar surface area (TPSA) is 149 Å². The Morgan fingerprint density at radius 3 is 1.34 bits per heavy atom. The van der Waals surface area contributed by atoms with Gasteiger partial charge in [-0.25, -0.2) is 0 Å². The van der Waals surface area contributed by atoms with Crippen molar-refractivity contribution in [2.45, 2.75) is 307 Å². The van der Waals surface area contributed by atoms with Crippen LogP contribution in [0.25, 0.3) is 0 Å². The van der Waals surface area contributed by atoms with Crippen LogP contribution in [0, 0.1) is 0 Å².